The number of hydrogen-bond donors (Lipinski definition) is 7. The van der Waals surface area contributed by atoms with E-state index in [1.165, 1.54) is 99.5 Å². The summed E-state index contributed by atoms with van der Waals surface area (Å²) in [5.74, 6) is -3.08. The van der Waals surface area contributed by atoms with Crippen LogP contribution in [0.3, 0.4) is 0 Å². The summed E-state index contributed by atoms with van der Waals surface area (Å²) in [6.07, 6.45) is -8.85. The van der Waals surface area contributed by atoms with Crippen molar-refractivity contribution in [1.82, 2.24) is 0 Å². The summed E-state index contributed by atoms with van der Waals surface area (Å²) < 4.78 is 152. The molecule has 0 heterocycles. The molecule has 0 aromatic heterocycles. The second kappa shape index (κ2) is 47.8. The first kappa shape index (κ1) is 96.7. The van der Waals surface area contributed by atoms with E-state index in [4.69, 9.17) is 67.2 Å². The van der Waals surface area contributed by atoms with E-state index in [-0.39, 0.29) is 60.8 Å². The molecule has 0 saturated carbocycles. The summed E-state index contributed by atoms with van der Waals surface area (Å²) in [6, 6.07) is 39.5. The number of nitrogens with one attached hydrogen (secondary N) is 3. The van der Waals surface area contributed by atoms with Gasteiger partial charge in [0.05, 0.1) is 39.4 Å². The fraction of sp³-hybridized carbons (Fsp3) is 0.150. The number of anilines is 5. The van der Waals surface area contributed by atoms with Crippen molar-refractivity contribution in [2.45, 2.75) is 55.2 Å². The second-order valence-corrected chi connectivity index (χ2v) is 64.8. The number of rotatable bonds is 11. The van der Waals surface area contributed by atoms with Gasteiger partial charge >= 0.3 is 89.1 Å². The third-order valence-corrected chi connectivity index (χ3v) is 15.8. The summed E-state index contributed by atoms with van der Waals surface area (Å²) in [7, 11) is -6.67. The summed E-state index contributed by atoms with van der Waals surface area (Å²) in [5, 5.41) is 21.8. The first-order chi connectivity index (χ1) is 44.5. The molecule has 0 aliphatic carbocycles. The van der Waals surface area contributed by atoms with Crippen molar-refractivity contribution >= 4 is 271 Å². The van der Waals surface area contributed by atoms with Gasteiger partial charge in [0.25, 0.3) is 35.0 Å². The molecule has 0 bridgehead atoms. The van der Waals surface area contributed by atoms with Crippen molar-refractivity contribution in [1.29, 1.82) is 0 Å². The monoisotopic (exact) mass is 2310 g/mol. The molecule has 0 unspecified atom stereocenters. The SMILES string of the molecule is C.CI.CI.Cc1ccc(S(=O)(=O)Cl)cc1C(=O)O.Cc1ccc(S(=O)(=O)Nc2ccc(Cl)cc2)cc1C(=O)Nc1cccc(C(F)(F)F)c1.Cc1ccc(S(=O)(=O)Nc2ccc(Cl)cc2)cc1C(=O)O.ICI.Nc1ccc(Cl)cc1.Nc1cccc(C(F)(F)F)c1.[I][V]([I])[I]. The van der Waals surface area contributed by atoms with Gasteiger partial charge in [-0.05, 0) is 193 Å². The Morgan fingerprint density at radius 2 is 0.784 bits per heavy atom. The molecule has 8 aromatic rings. The molecule has 532 valence electrons. The molecule has 97 heavy (non-hydrogen) atoms. The number of sulfonamides is 2. The molecule has 0 aliphatic rings. The number of nitrogens with two attached hydrogens (primary N) is 2. The Hall–Kier alpha value is -2.35. The molecule has 0 atom stereocenters. The maximum atomic E-state index is 12.9. The molecule has 37 heteroatoms. The van der Waals surface area contributed by atoms with Crippen LogP contribution in [0.4, 0.5) is 54.8 Å². The third kappa shape index (κ3) is 38.7. The van der Waals surface area contributed by atoms with Crippen molar-refractivity contribution in [3.05, 3.63) is 236 Å². The minimum atomic E-state index is -4.56. The number of aromatic carboxylic acids is 2. The number of halogens is 17. The van der Waals surface area contributed by atoms with Crippen LogP contribution in [-0.2, 0) is 46.4 Å². The van der Waals surface area contributed by atoms with Crippen LogP contribution in [0.25, 0.3) is 0 Å². The number of aryl methyl sites for hydroxylation is 3. The van der Waals surface area contributed by atoms with Crippen LogP contribution in [0, 0.1) is 20.8 Å². The van der Waals surface area contributed by atoms with E-state index >= 15 is 0 Å². The molecule has 8 rings (SSSR count). The van der Waals surface area contributed by atoms with Crippen LogP contribution in [0.5, 0.6) is 0 Å². The van der Waals surface area contributed by atoms with E-state index in [0.29, 0.717) is 32.4 Å². The van der Waals surface area contributed by atoms with E-state index in [0.717, 1.165) is 53.2 Å². The number of nitrogen functional groups attached to an aromatic ring is 2. The molecule has 0 fully saturated rings. The fourth-order valence-electron chi connectivity index (χ4n) is 6.61. The van der Waals surface area contributed by atoms with Gasteiger partial charge in [-0.1, -0.05) is 163 Å². The van der Waals surface area contributed by atoms with Gasteiger partial charge in [0.1, 0.15) is 0 Å². The molecular weight excluding hydrogens is 2260 g/mol. The Kier molecular flexibility index (Phi) is 47.7. The summed E-state index contributed by atoms with van der Waals surface area (Å²) in [5.41, 5.74) is 11.7. The van der Waals surface area contributed by atoms with Crippen molar-refractivity contribution in [3.63, 3.8) is 0 Å². The van der Waals surface area contributed by atoms with Gasteiger partial charge in [0, 0.05) is 59.8 Å². The summed E-state index contributed by atoms with van der Waals surface area (Å²) in [4.78, 5) is 37.5. The summed E-state index contributed by atoms with van der Waals surface area (Å²) >= 11 is 33.3. The number of benzene rings is 8. The molecular formula is C60H59Cl4F6I7N5O11S3V. The molecule has 0 radical (unpaired) electrons. The molecule has 9 N–H and O–H groups in total. The van der Waals surface area contributed by atoms with Crippen molar-refractivity contribution < 1.29 is 81.1 Å². The van der Waals surface area contributed by atoms with Gasteiger partial charge in [-0.25, -0.2) is 34.8 Å². The molecule has 16 nitrogen and oxygen atoms in total. The van der Waals surface area contributed by atoms with E-state index in [2.05, 4.69) is 165 Å². The Balaban J connectivity index is 0. The maximum absolute atomic E-state index is 12.9. The standard InChI is InChI=1S/C21H16ClF3N2O3S.C14H12ClNO4S.C8H7ClO4S.C7H6F3N.C6H6ClN.CH2I2.2CH3I.CH4.3HI.V/c1-13-5-10-18(31(29,30)27-16-8-6-15(22)7-9-16)12-19(13)20(28)26-17-4-2-3-14(11-17)21(23,24)25;1-9-2-7-12(8-13(9)14(17)18)21(19,20)16-11-5-3-10(15)4-6-11;1-5-2-3-6(14(9,12)13)4-7(5)8(10)11;8-7(9,10)5-2-1-3-6(11)4-5;7-5-1-3-6(8)4-2-5;2-1-3;2*1-2;;;;;/h2-12,27H,1H3,(H,26,28);2-8,16H,1H3,(H,17,18);2-4H,1H3,(H,10,11);1-4H,11H2;1-4H,8H2;1H2;2*1H3;1H4;3*1H;/q;;;;;;;;;;;;+3/p-3. The van der Waals surface area contributed by atoms with Gasteiger partial charge in [0.2, 0.25) is 0 Å². The number of carbonyl (C=O) groups is 3. The number of hydrogen-bond acceptors (Lipinski definition) is 11. The average Bonchev–Trinajstić information content (AvgIpc) is 0.872. The van der Waals surface area contributed by atoms with Crippen LogP contribution in [0.2, 0.25) is 15.1 Å². The minimum absolute atomic E-state index is 0. The Morgan fingerprint density at radius 3 is 1.10 bits per heavy atom. The van der Waals surface area contributed by atoms with Crippen molar-refractivity contribution in [2.24, 2.45) is 0 Å². The van der Waals surface area contributed by atoms with Crippen LogP contribution < -0.4 is 26.2 Å². The fourth-order valence-corrected chi connectivity index (χ4v) is 9.93. The van der Waals surface area contributed by atoms with Crippen molar-refractivity contribution in [3.8, 4) is 0 Å². The number of amides is 1. The Labute approximate surface area is 671 Å². The summed E-state index contributed by atoms with van der Waals surface area (Å²) in [6.45, 7) is 4.77. The van der Waals surface area contributed by atoms with Gasteiger partial charge in [-0.2, -0.15) is 26.3 Å². The molecule has 8 aromatic carbocycles. The Bertz CT molecular complexity index is 4130. The van der Waals surface area contributed by atoms with Gasteiger partial charge in [0.15, 0.2) is 0 Å². The zero-order chi connectivity index (χ0) is 74.1. The topological polar surface area (TPSA) is 282 Å². The van der Waals surface area contributed by atoms with Gasteiger partial charge < -0.3 is 27.0 Å². The van der Waals surface area contributed by atoms with Crippen LogP contribution in [0.1, 0.15) is 66.3 Å². The number of carboxylic acid groups (broad SMARTS) is 2. The van der Waals surface area contributed by atoms with E-state index in [9.17, 15) is 66.0 Å². The van der Waals surface area contributed by atoms with E-state index in [1.54, 1.807) is 57.2 Å². The van der Waals surface area contributed by atoms with Crippen LogP contribution in [-0.4, -0.2) is 65.6 Å². The zero-order valence-corrected chi connectivity index (χ0v) is 71.7. The van der Waals surface area contributed by atoms with Gasteiger partial charge in [-0.3, -0.25) is 14.2 Å². The number of carboxylic acids is 2. The van der Waals surface area contributed by atoms with E-state index in [1.807, 2.05) is 9.86 Å². The first-order valence-electron chi connectivity index (χ1n) is 25.4. The quantitative estimate of drug-likeness (QED) is 0.0209. The number of alkyl halides is 10. The van der Waals surface area contributed by atoms with Gasteiger partial charge in [-0.15, -0.1) is 0 Å². The predicted octanol–water partition coefficient (Wildman–Crippen LogP) is 21.9. The van der Waals surface area contributed by atoms with Crippen LogP contribution >= 0.6 is 196 Å². The third-order valence-electron chi connectivity index (χ3n) is 11.0. The second-order valence-electron chi connectivity index (χ2n) is 17.7. The zero-order valence-electron chi connectivity index (χ0n) is 49.8. The normalized spacial score (nSPS) is 10.5. The average molecular weight is 2320 g/mol. The predicted molar refractivity (Wildman–Crippen MR) is 438 cm³/mol. The molecule has 0 spiro atoms. The number of carbonyl (C=O) groups excluding carboxylic acids is 1. The molecule has 0 aliphatic heterocycles. The molecule has 1 amide bonds. The van der Waals surface area contributed by atoms with E-state index < -0.39 is 70.4 Å². The van der Waals surface area contributed by atoms with Crippen LogP contribution in [0.15, 0.2) is 191 Å². The van der Waals surface area contributed by atoms with Crippen molar-refractivity contribution in [2.75, 3.05) is 38.5 Å². The first-order valence-corrected chi connectivity index (χ1v) is 52.7. The Morgan fingerprint density at radius 1 is 0.474 bits per heavy atom. The molecule has 0 saturated heterocycles.